The van der Waals surface area contributed by atoms with Gasteiger partial charge in [-0.05, 0) is 106 Å². The van der Waals surface area contributed by atoms with Gasteiger partial charge in [-0.1, -0.05) is 32.0 Å². The van der Waals surface area contributed by atoms with Crippen LogP contribution in [0.4, 0.5) is 0 Å². The summed E-state index contributed by atoms with van der Waals surface area (Å²) in [4.78, 5) is 41.5. The van der Waals surface area contributed by atoms with Crippen LogP contribution in [0.1, 0.15) is 96.3 Å². The Bertz CT molecular complexity index is 1010. The van der Waals surface area contributed by atoms with E-state index in [9.17, 15) is 14.4 Å². The Morgan fingerprint density at radius 1 is 0.914 bits per heavy atom. The van der Waals surface area contributed by atoms with Gasteiger partial charge >= 0.3 is 0 Å². The molecule has 35 heavy (non-hydrogen) atoms. The molecule has 3 saturated carbocycles. The van der Waals surface area contributed by atoms with Crippen LogP contribution in [0.5, 0.6) is 0 Å². The smallest absolute Gasteiger partial charge is 0.260 e. The highest BCUT2D eigenvalue weighted by Gasteiger charge is 2.63. The highest BCUT2D eigenvalue weighted by molar-refractivity contribution is 6.05. The fourth-order valence-electron chi connectivity index (χ4n) is 8.74. The number of piperidine rings is 1. The number of benzene rings is 1. The van der Waals surface area contributed by atoms with Gasteiger partial charge in [-0.2, -0.15) is 0 Å². The summed E-state index contributed by atoms with van der Waals surface area (Å²) >= 11 is 0. The zero-order valence-electron chi connectivity index (χ0n) is 22.1. The Hall–Kier alpha value is -2.17. The van der Waals surface area contributed by atoms with Crippen molar-refractivity contribution in [2.45, 2.75) is 97.6 Å². The van der Waals surface area contributed by atoms with E-state index in [1.54, 1.807) is 4.90 Å². The fourth-order valence-corrected chi connectivity index (χ4v) is 8.74. The molecule has 0 aromatic heterocycles. The van der Waals surface area contributed by atoms with E-state index in [0.717, 1.165) is 44.9 Å². The predicted octanol–water partition coefficient (Wildman–Crippen LogP) is 5.59. The van der Waals surface area contributed by atoms with E-state index in [0.29, 0.717) is 29.7 Å². The van der Waals surface area contributed by atoms with Gasteiger partial charge in [0.25, 0.3) is 5.91 Å². The van der Waals surface area contributed by atoms with E-state index in [-0.39, 0.29) is 46.1 Å². The third-order valence-corrected chi connectivity index (χ3v) is 10.3. The van der Waals surface area contributed by atoms with Gasteiger partial charge in [-0.15, -0.1) is 0 Å². The third-order valence-electron chi connectivity index (χ3n) is 10.3. The molecule has 5 heteroatoms. The van der Waals surface area contributed by atoms with E-state index < -0.39 is 0 Å². The first-order valence-corrected chi connectivity index (χ1v) is 13.7. The standard InChI is InChI=1S/C30H42N2O3/c1-28(2,3)31-26(34)23-13-12-21-20-11-14-24-30(5,22(20)15-17-29(21,23)4)18-16-25(33)32(24)27(35)19-9-7-6-8-10-19/h6-10,20-24H,11-18H2,1-5H3,(H,31,34)/t20?,21?,22?,23?,24-,29+,30-/m1/s1. The lowest BCUT2D eigenvalue weighted by molar-refractivity contribution is -0.157. The average Bonchev–Trinajstić information content (AvgIpc) is 3.16. The number of rotatable bonds is 2. The Labute approximate surface area is 210 Å². The summed E-state index contributed by atoms with van der Waals surface area (Å²) in [5.74, 6) is 1.79. The molecule has 4 aliphatic rings. The van der Waals surface area contributed by atoms with Crippen LogP contribution in [-0.4, -0.2) is 34.2 Å². The first-order valence-electron chi connectivity index (χ1n) is 13.7. The average molecular weight is 479 g/mol. The molecule has 3 aliphatic carbocycles. The number of hydrogen-bond acceptors (Lipinski definition) is 3. The van der Waals surface area contributed by atoms with Gasteiger partial charge in [0.15, 0.2) is 0 Å². The second kappa shape index (κ2) is 8.45. The van der Waals surface area contributed by atoms with Crippen molar-refractivity contribution >= 4 is 17.7 Å². The van der Waals surface area contributed by atoms with E-state index >= 15 is 0 Å². The number of hydrogen-bond donors (Lipinski definition) is 1. The van der Waals surface area contributed by atoms with Gasteiger partial charge in [-0.25, -0.2) is 0 Å². The molecule has 5 rings (SSSR count). The molecule has 1 saturated heterocycles. The Balaban J connectivity index is 1.40. The van der Waals surface area contributed by atoms with Crippen molar-refractivity contribution in [2.75, 3.05) is 0 Å². The van der Waals surface area contributed by atoms with Crippen LogP contribution in [0.2, 0.25) is 0 Å². The van der Waals surface area contributed by atoms with E-state index in [2.05, 4.69) is 39.9 Å². The molecule has 4 fully saturated rings. The van der Waals surface area contributed by atoms with Crippen molar-refractivity contribution in [1.29, 1.82) is 0 Å². The molecule has 1 heterocycles. The maximum atomic E-state index is 13.5. The SMILES string of the molecule is CC(C)(C)NC(=O)C1CCC2C3CC[C@H]4N(C(=O)c5ccccc5)C(=O)CC[C@]4(C)C3CC[C@]12C. The lowest BCUT2D eigenvalue weighted by atomic mass is 9.46. The van der Waals surface area contributed by atoms with Crippen LogP contribution in [0.25, 0.3) is 0 Å². The molecule has 3 amide bonds. The predicted molar refractivity (Wildman–Crippen MR) is 136 cm³/mol. The van der Waals surface area contributed by atoms with Crippen molar-refractivity contribution in [3.05, 3.63) is 35.9 Å². The molecule has 0 radical (unpaired) electrons. The quantitative estimate of drug-likeness (QED) is 0.564. The first kappa shape index (κ1) is 24.5. The topological polar surface area (TPSA) is 66.5 Å². The van der Waals surface area contributed by atoms with Crippen molar-refractivity contribution < 1.29 is 14.4 Å². The molecule has 1 aliphatic heterocycles. The van der Waals surface area contributed by atoms with Crippen LogP contribution in [0, 0.1) is 34.5 Å². The molecule has 1 aromatic rings. The second-order valence-electron chi connectivity index (χ2n) is 13.3. The summed E-state index contributed by atoms with van der Waals surface area (Å²) in [6, 6.07) is 9.25. The van der Waals surface area contributed by atoms with Gasteiger partial charge in [0.2, 0.25) is 11.8 Å². The fraction of sp³-hybridized carbons (Fsp3) is 0.700. The molecular formula is C30H42N2O3. The Morgan fingerprint density at radius 2 is 1.60 bits per heavy atom. The van der Waals surface area contributed by atoms with E-state index in [4.69, 9.17) is 0 Å². The Morgan fingerprint density at radius 3 is 2.29 bits per heavy atom. The number of carbonyl (C=O) groups excluding carboxylic acids is 3. The van der Waals surface area contributed by atoms with Crippen LogP contribution in [0.3, 0.4) is 0 Å². The minimum absolute atomic E-state index is 0.0137. The zero-order valence-corrected chi connectivity index (χ0v) is 22.1. The number of imide groups is 1. The molecule has 5 nitrogen and oxygen atoms in total. The van der Waals surface area contributed by atoms with Gasteiger partial charge in [0.1, 0.15) is 0 Å². The van der Waals surface area contributed by atoms with Gasteiger partial charge in [0, 0.05) is 29.5 Å². The maximum absolute atomic E-state index is 13.5. The van der Waals surface area contributed by atoms with Crippen molar-refractivity contribution in [3.8, 4) is 0 Å². The van der Waals surface area contributed by atoms with Gasteiger partial charge in [0.05, 0.1) is 0 Å². The number of nitrogens with one attached hydrogen (secondary N) is 1. The molecular weight excluding hydrogens is 436 g/mol. The second-order valence-corrected chi connectivity index (χ2v) is 13.3. The normalized spacial score (nSPS) is 38.8. The summed E-state index contributed by atoms with van der Waals surface area (Å²) in [6.07, 6.45) is 7.49. The highest BCUT2D eigenvalue weighted by atomic mass is 16.2. The van der Waals surface area contributed by atoms with Crippen molar-refractivity contribution in [2.24, 2.45) is 34.5 Å². The minimum Gasteiger partial charge on any atom is -0.351 e. The number of fused-ring (bicyclic) bond motifs is 5. The van der Waals surface area contributed by atoms with Crippen LogP contribution < -0.4 is 5.32 Å². The van der Waals surface area contributed by atoms with Crippen LogP contribution in [-0.2, 0) is 9.59 Å². The van der Waals surface area contributed by atoms with Crippen molar-refractivity contribution in [1.82, 2.24) is 10.2 Å². The van der Waals surface area contributed by atoms with E-state index in [1.165, 1.54) is 0 Å². The lowest BCUT2D eigenvalue weighted by Crippen LogP contribution is -2.63. The monoisotopic (exact) mass is 478 g/mol. The summed E-state index contributed by atoms with van der Waals surface area (Å²) < 4.78 is 0. The molecule has 0 spiro atoms. The van der Waals surface area contributed by atoms with Crippen LogP contribution in [0.15, 0.2) is 30.3 Å². The number of likely N-dealkylation sites (tertiary alicyclic amines) is 1. The molecule has 1 aromatic carbocycles. The molecule has 0 bridgehead atoms. The lowest BCUT2D eigenvalue weighted by Gasteiger charge is -2.61. The summed E-state index contributed by atoms with van der Waals surface area (Å²) in [5.41, 5.74) is 0.391. The largest absolute Gasteiger partial charge is 0.351 e. The summed E-state index contributed by atoms with van der Waals surface area (Å²) in [7, 11) is 0. The minimum atomic E-state index is -0.211. The van der Waals surface area contributed by atoms with Gasteiger partial charge < -0.3 is 5.32 Å². The highest BCUT2D eigenvalue weighted by Crippen LogP contribution is 2.66. The number of nitrogens with zero attached hydrogens (tertiary/aromatic N) is 1. The first-order chi connectivity index (χ1) is 16.5. The molecule has 7 atom stereocenters. The number of amides is 3. The maximum Gasteiger partial charge on any atom is 0.260 e. The molecule has 4 unspecified atom stereocenters. The summed E-state index contributed by atoms with van der Waals surface area (Å²) in [5, 5.41) is 3.26. The summed E-state index contributed by atoms with van der Waals surface area (Å²) in [6.45, 7) is 10.9. The molecule has 1 N–H and O–H groups in total. The van der Waals surface area contributed by atoms with Crippen molar-refractivity contribution in [3.63, 3.8) is 0 Å². The zero-order chi connectivity index (χ0) is 25.2. The third kappa shape index (κ3) is 3.94. The van der Waals surface area contributed by atoms with E-state index in [1.807, 2.05) is 30.3 Å². The number of carbonyl (C=O) groups is 3. The van der Waals surface area contributed by atoms with Gasteiger partial charge in [-0.3, -0.25) is 19.3 Å². The molecule has 190 valence electrons. The Kier molecular flexibility index (Phi) is 5.92. The van der Waals surface area contributed by atoms with Crippen LogP contribution >= 0.6 is 0 Å².